The van der Waals surface area contributed by atoms with E-state index in [0.29, 0.717) is 41.2 Å². The summed E-state index contributed by atoms with van der Waals surface area (Å²) in [6.07, 6.45) is 4.09. The van der Waals surface area contributed by atoms with Crippen molar-refractivity contribution in [2.75, 3.05) is 19.0 Å². The maximum atomic E-state index is 15.0. The van der Waals surface area contributed by atoms with Crippen LogP contribution in [0.3, 0.4) is 0 Å². The third kappa shape index (κ3) is 2.38. The normalized spacial score (nSPS) is 12.7. The standard InChI is InChI=1S/C18H17F2N5/c1-10-22-23-16-5-4-11-6-12(7-14(19)17(11)25(10)16)13-8-21-9-15(20)18(13)24(2)3/h6-9H,4-5H2,1-3H3. The third-order valence-corrected chi connectivity index (χ3v) is 4.51. The van der Waals surface area contributed by atoms with E-state index in [0.717, 1.165) is 11.4 Å². The molecular weight excluding hydrogens is 324 g/mol. The Kier molecular flexibility index (Phi) is 3.52. The Labute approximate surface area is 144 Å². The van der Waals surface area contributed by atoms with Crippen LogP contribution in [-0.2, 0) is 12.8 Å². The van der Waals surface area contributed by atoms with Crippen LogP contribution in [0, 0.1) is 18.6 Å². The number of rotatable bonds is 2. The van der Waals surface area contributed by atoms with Gasteiger partial charge in [0.05, 0.1) is 17.6 Å². The van der Waals surface area contributed by atoms with E-state index in [2.05, 4.69) is 15.2 Å². The number of fused-ring (bicyclic) bond motifs is 3. The number of benzene rings is 1. The first kappa shape index (κ1) is 15.7. The van der Waals surface area contributed by atoms with Gasteiger partial charge in [-0.1, -0.05) is 0 Å². The average molecular weight is 341 g/mol. The fourth-order valence-corrected chi connectivity index (χ4v) is 3.45. The summed E-state index contributed by atoms with van der Waals surface area (Å²) >= 11 is 0. The molecule has 0 bridgehead atoms. The van der Waals surface area contributed by atoms with E-state index in [1.165, 1.54) is 12.3 Å². The maximum Gasteiger partial charge on any atom is 0.165 e. The highest BCUT2D eigenvalue weighted by Crippen LogP contribution is 2.36. The van der Waals surface area contributed by atoms with E-state index >= 15 is 0 Å². The van der Waals surface area contributed by atoms with Gasteiger partial charge >= 0.3 is 0 Å². The van der Waals surface area contributed by atoms with Gasteiger partial charge in [-0.05, 0) is 36.6 Å². The molecule has 2 aromatic heterocycles. The van der Waals surface area contributed by atoms with E-state index in [9.17, 15) is 8.78 Å². The summed E-state index contributed by atoms with van der Waals surface area (Å²) in [4.78, 5) is 5.61. The van der Waals surface area contributed by atoms with Crippen molar-refractivity contribution in [2.45, 2.75) is 19.8 Å². The number of nitrogens with zero attached hydrogens (tertiary/aromatic N) is 5. The molecule has 0 N–H and O–H groups in total. The topological polar surface area (TPSA) is 46.8 Å². The highest BCUT2D eigenvalue weighted by molar-refractivity contribution is 5.79. The number of hydrogen-bond acceptors (Lipinski definition) is 4. The minimum absolute atomic E-state index is 0.370. The minimum Gasteiger partial charge on any atom is -0.375 e. The van der Waals surface area contributed by atoms with E-state index < -0.39 is 5.82 Å². The Bertz CT molecular complexity index is 978. The van der Waals surface area contributed by atoms with E-state index in [4.69, 9.17) is 0 Å². The van der Waals surface area contributed by atoms with Crippen molar-refractivity contribution in [2.24, 2.45) is 0 Å². The van der Waals surface area contributed by atoms with Crippen molar-refractivity contribution in [3.63, 3.8) is 0 Å². The van der Waals surface area contributed by atoms with Crippen molar-refractivity contribution >= 4 is 5.69 Å². The van der Waals surface area contributed by atoms with Crippen LogP contribution in [0.1, 0.15) is 17.2 Å². The van der Waals surface area contributed by atoms with Gasteiger partial charge in [0.25, 0.3) is 0 Å². The molecule has 5 nitrogen and oxygen atoms in total. The summed E-state index contributed by atoms with van der Waals surface area (Å²) in [5.41, 5.74) is 2.92. The fourth-order valence-electron chi connectivity index (χ4n) is 3.45. The minimum atomic E-state index is -0.433. The van der Waals surface area contributed by atoms with Gasteiger partial charge in [0, 0.05) is 32.3 Å². The Morgan fingerprint density at radius 3 is 2.60 bits per heavy atom. The second-order valence-corrected chi connectivity index (χ2v) is 6.38. The summed E-state index contributed by atoms with van der Waals surface area (Å²) in [7, 11) is 3.51. The zero-order valence-corrected chi connectivity index (χ0v) is 14.2. The molecule has 0 amide bonds. The average Bonchev–Trinajstić information content (AvgIpc) is 2.95. The van der Waals surface area contributed by atoms with Crippen molar-refractivity contribution in [3.8, 4) is 16.8 Å². The van der Waals surface area contributed by atoms with Crippen LogP contribution in [0.4, 0.5) is 14.5 Å². The lowest BCUT2D eigenvalue weighted by Crippen LogP contribution is -2.16. The van der Waals surface area contributed by atoms with Crippen LogP contribution in [0.5, 0.6) is 0 Å². The summed E-state index contributed by atoms with van der Waals surface area (Å²) in [5, 5.41) is 8.15. The van der Waals surface area contributed by atoms with Gasteiger partial charge in [-0.3, -0.25) is 9.55 Å². The first-order chi connectivity index (χ1) is 12.0. The SMILES string of the molecule is Cc1nnc2n1-c1c(F)cc(-c3cncc(F)c3N(C)C)cc1CC2. The molecule has 128 valence electrons. The van der Waals surface area contributed by atoms with Crippen molar-refractivity contribution < 1.29 is 8.78 Å². The van der Waals surface area contributed by atoms with Gasteiger partial charge in [0.1, 0.15) is 17.5 Å². The van der Waals surface area contributed by atoms with Gasteiger partial charge in [-0.25, -0.2) is 8.78 Å². The number of anilines is 1. The van der Waals surface area contributed by atoms with Crippen LogP contribution in [-0.4, -0.2) is 33.8 Å². The number of pyridine rings is 1. The molecule has 0 saturated carbocycles. The first-order valence-corrected chi connectivity index (χ1v) is 8.02. The van der Waals surface area contributed by atoms with Crippen molar-refractivity contribution in [1.82, 2.24) is 19.7 Å². The van der Waals surface area contributed by atoms with Gasteiger partial charge in [-0.15, -0.1) is 10.2 Å². The number of aromatic nitrogens is 4. The summed E-state index contributed by atoms with van der Waals surface area (Å²) in [6, 6.07) is 3.33. The third-order valence-electron chi connectivity index (χ3n) is 4.51. The molecular formula is C18H17F2N5. The molecule has 0 aliphatic carbocycles. The fraction of sp³-hybridized carbons (Fsp3) is 0.278. The van der Waals surface area contributed by atoms with Crippen LogP contribution in [0.25, 0.3) is 16.8 Å². The Hall–Kier alpha value is -2.83. The van der Waals surface area contributed by atoms with Crippen molar-refractivity contribution in [1.29, 1.82) is 0 Å². The molecule has 1 aliphatic rings. The molecule has 1 aliphatic heterocycles. The lowest BCUT2D eigenvalue weighted by molar-refractivity contribution is 0.602. The second kappa shape index (κ2) is 5.61. The summed E-state index contributed by atoms with van der Waals surface area (Å²) < 4.78 is 31.0. The van der Waals surface area contributed by atoms with Crippen LogP contribution < -0.4 is 4.90 Å². The Balaban J connectivity index is 1.93. The van der Waals surface area contributed by atoms with E-state index in [-0.39, 0.29) is 5.82 Å². The van der Waals surface area contributed by atoms with E-state index in [1.54, 1.807) is 36.7 Å². The zero-order chi connectivity index (χ0) is 17.7. The van der Waals surface area contributed by atoms with Crippen LogP contribution in [0.15, 0.2) is 24.5 Å². The van der Waals surface area contributed by atoms with Crippen LogP contribution >= 0.6 is 0 Å². The molecule has 0 fully saturated rings. The van der Waals surface area contributed by atoms with E-state index in [1.807, 2.05) is 6.07 Å². The molecule has 0 atom stereocenters. The molecule has 25 heavy (non-hydrogen) atoms. The number of halogens is 2. The molecule has 1 aromatic carbocycles. The summed E-state index contributed by atoms with van der Waals surface area (Å²) in [6.45, 7) is 1.81. The van der Waals surface area contributed by atoms with Gasteiger partial charge in [0.2, 0.25) is 0 Å². The lowest BCUT2D eigenvalue weighted by atomic mass is 9.96. The molecule has 3 aromatic rings. The number of aryl methyl sites for hydroxylation is 3. The molecule has 0 saturated heterocycles. The highest BCUT2D eigenvalue weighted by Gasteiger charge is 2.24. The van der Waals surface area contributed by atoms with Crippen LogP contribution in [0.2, 0.25) is 0 Å². The predicted molar refractivity (Wildman–Crippen MR) is 91.0 cm³/mol. The quantitative estimate of drug-likeness (QED) is 0.719. The lowest BCUT2D eigenvalue weighted by Gasteiger charge is -2.22. The largest absolute Gasteiger partial charge is 0.375 e. The molecule has 0 spiro atoms. The maximum absolute atomic E-state index is 15.0. The summed E-state index contributed by atoms with van der Waals surface area (Å²) in [5.74, 6) is 0.616. The number of hydrogen-bond donors (Lipinski definition) is 0. The Morgan fingerprint density at radius 1 is 1.04 bits per heavy atom. The predicted octanol–water partition coefficient (Wildman–Crippen LogP) is 3.08. The van der Waals surface area contributed by atoms with Gasteiger partial charge in [0.15, 0.2) is 5.82 Å². The zero-order valence-electron chi connectivity index (χ0n) is 14.2. The first-order valence-electron chi connectivity index (χ1n) is 8.02. The highest BCUT2D eigenvalue weighted by atomic mass is 19.1. The molecule has 7 heteroatoms. The smallest absolute Gasteiger partial charge is 0.165 e. The van der Waals surface area contributed by atoms with Crippen molar-refractivity contribution in [3.05, 3.63) is 53.4 Å². The molecule has 3 heterocycles. The molecule has 0 radical (unpaired) electrons. The Morgan fingerprint density at radius 2 is 1.84 bits per heavy atom. The molecule has 0 unspecified atom stereocenters. The van der Waals surface area contributed by atoms with Gasteiger partial charge in [-0.2, -0.15) is 0 Å². The second-order valence-electron chi connectivity index (χ2n) is 6.38. The monoisotopic (exact) mass is 341 g/mol. The van der Waals surface area contributed by atoms with Gasteiger partial charge < -0.3 is 4.90 Å². The molecule has 4 rings (SSSR count).